The number of benzene rings is 2. The van der Waals surface area contributed by atoms with Gasteiger partial charge in [-0.2, -0.15) is 5.10 Å². The molecule has 20 heavy (non-hydrogen) atoms. The Hall–Kier alpha value is -2.75. The highest BCUT2D eigenvalue weighted by Gasteiger charge is 2.07. The average Bonchev–Trinajstić information content (AvgIpc) is 2.98. The van der Waals surface area contributed by atoms with Crippen molar-refractivity contribution >= 4 is 11.4 Å². The molecule has 0 aliphatic rings. The molecule has 0 saturated heterocycles. The number of phenolic OH excluding ortho intramolecular Hbond substituents is 1. The summed E-state index contributed by atoms with van der Waals surface area (Å²) in [5.74, 6) is 0.266. The molecule has 0 aliphatic heterocycles. The van der Waals surface area contributed by atoms with E-state index in [1.165, 1.54) is 0 Å². The summed E-state index contributed by atoms with van der Waals surface area (Å²) in [6.07, 6.45) is 3.79. The van der Waals surface area contributed by atoms with E-state index < -0.39 is 0 Å². The predicted octanol–water partition coefficient (Wildman–Crippen LogP) is 3.35. The summed E-state index contributed by atoms with van der Waals surface area (Å²) in [6.45, 7) is 0. The number of aromatic nitrogens is 2. The molecular formula is C16H15N3O. The number of aromatic hydroxyl groups is 1. The van der Waals surface area contributed by atoms with Crippen LogP contribution in [0, 0.1) is 0 Å². The van der Waals surface area contributed by atoms with Crippen LogP contribution in [-0.2, 0) is 0 Å². The molecule has 1 aromatic heterocycles. The molecule has 3 aromatic rings. The lowest BCUT2D eigenvalue weighted by molar-refractivity contribution is 0.475. The van der Waals surface area contributed by atoms with Gasteiger partial charge in [-0.1, -0.05) is 18.2 Å². The summed E-state index contributed by atoms with van der Waals surface area (Å²) >= 11 is 0. The first kappa shape index (κ1) is 12.3. The van der Waals surface area contributed by atoms with Crippen LogP contribution in [0.4, 0.5) is 11.4 Å². The molecule has 0 saturated carbocycles. The van der Waals surface area contributed by atoms with Gasteiger partial charge in [0.2, 0.25) is 0 Å². The van der Waals surface area contributed by atoms with Gasteiger partial charge in [-0.3, -0.25) is 0 Å². The maximum atomic E-state index is 9.33. The summed E-state index contributed by atoms with van der Waals surface area (Å²) in [5.41, 5.74) is 3.01. The fourth-order valence-corrected chi connectivity index (χ4v) is 2.03. The third-order valence-corrected chi connectivity index (χ3v) is 3.21. The molecule has 1 heterocycles. The molecule has 1 N–H and O–H groups in total. The largest absolute Gasteiger partial charge is 0.508 e. The molecule has 0 unspecified atom stereocenters. The van der Waals surface area contributed by atoms with Crippen LogP contribution in [0.2, 0.25) is 0 Å². The van der Waals surface area contributed by atoms with Crippen molar-refractivity contribution in [2.24, 2.45) is 0 Å². The van der Waals surface area contributed by atoms with Gasteiger partial charge in [-0.15, -0.1) is 0 Å². The maximum Gasteiger partial charge on any atom is 0.115 e. The van der Waals surface area contributed by atoms with Crippen molar-refractivity contribution in [1.29, 1.82) is 0 Å². The second-order valence-corrected chi connectivity index (χ2v) is 4.55. The number of nitrogens with zero attached hydrogens (tertiary/aromatic N) is 3. The molecule has 4 heteroatoms. The fourth-order valence-electron chi connectivity index (χ4n) is 2.03. The van der Waals surface area contributed by atoms with E-state index >= 15 is 0 Å². The van der Waals surface area contributed by atoms with Crippen molar-refractivity contribution in [1.82, 2.24) is 9.78 Å². The van der Waals surface area contributed by atoms with E-state index in [0.29, 0.717) is 0 Å². The minimum atomic E-state index is 0.266. The van der Waals surface area contributed by atoms with Crippen molar-refractivity contribution in [2.45, 2.75) is 0 Å². The fraction of sp³-hybridized carbons (Fsp3) is 0.0625. The number of para-hydroxylation sites is 1. The second kappa shape index (κ2) is 5.09. The van der Waals surface area contributed by atoms with Crippen LogP contribution in [0.5, 0.6) is 5.75 Å². The van der Waals surface area contributed by atoms with E-state index in [0.717, 1.165) is 17.1 Å². The van der Waals surface area contributed by atoms with E-state index in [9.17, 15) is 5.11 Å². The first-order valence-electron chi connectivity index (χ1n) is 6.37. The van der Waals surface area contributed by atoms with Gasteiger partial charge in [0.25, 0.3) is 0 Å². The van der Waals surface area contributed by atoms with Gasteiger partial charge in [0.15, 0.2) is 0 Å². The maximum absolute atomic E-state index is 9.33. The number of hydrogen-bond donors (Lipinski definition) is 1. The third kappa shape index (κ3) is 2.36. The Kier molecular flexibility index (Phi) is 3.13. The zero-order valence-corrected chi connectivity index (χ0v) is 11.1. The minimum Gasteiger partial charge on any atom is -0.508 e. The normalized spacial score (nSPS) is 10.4. The van der Waals surface area contributed by atoms with Crippen LogP contribution in [0.15, 0.2) is 67.0 Å². The highest BCUT2D eigenvalue weighted by atomic mass is 16.3. The summed E-state index contributed by atoms with van der Waals surface area (Å²) in [4.78, 5) is 2.02. The number of rotatable bonds is 3. The Bertz CT molecular complexity index is 689. The van der Waals surface area contributed by atoms with Gasteiger partial charge in [0.1, 0.15) is 5.75 Å². The van der Waals surface area contributed by atoms with Crippen LogP contribution in [0.3, 0.4) is 0 Å². The Morgan fingerprint density at radius 3 is 2.35 bits per heavy atom. The third-order valence-electron chi connectivity index (χ3n) is 3.21. The molecule has 0 atom stereocenters. The SMILES string of the molecule is CN(c1ccc(O)cc1)c1cnn(-c2ccccc2)c1. The van der Waals surface area contributed by atoms with E-state index in [1.54, 1.807) is 12.1 Å². The Labute approximate surface area is 117 Å². The van der Waals surface area contributed by atoms with E-state index in [4.69, 9.17) is 0 Å². The van der Waals surface area contributed by atoms with Gasteiger partial charge >= 0.3 is 0 Å². The summed E-state index contributed by atoms with van der Waals surface area (Å²) < 4.78 is 1.84. The van der Waals surface area contributed by atoms with Gasteiger partial charge in [0.05, 0.1) is 23.8 Å². The molecule has 0 fully saturated rings. The van der Waals surface area contributed by atoms with Gasteiger partial charge in [0, 0.05) is 12.7 Å². The lowest BCUT2D eigenvalue weighted by atomic mass is 10.2. The topological polar surface area (TPSA) is 41.3 Å². The lowest BCUT2D eigenvalue weighted by Crippen LogP contribution is -2.08. The van der Waals surface area contributed by atoms with Crippen molar-refractivity contribution in [3.8, 4) is 11.4 Å². The zero-order chi connectivity index (χ0) is 13.9. The summed E-state index contributed by atoms with van der Waals surface area (Å²) in [6, 6.07) is 17.1. The first-order chi connectivity index (χ1) is 9.74. The molecule has 100 valence electrons. The molecule has 0 amide bonds. The van der Waals surface area contributed by atoms with Gasteiger partial charge in [-0.05, 0) is 36.4 Å². The highest BCUT2D eigenvalue weighted by molar-refractivity contribution is 5.62. The average molecular weight is 265 g/mol. The van der Waals surface area contributed by atoms with Crippen molar-refractivity contribution in [3.05, 3.63) is 67.0 Å². The molecule has 0 aliphatic carbocycles. The van der Waals surface area contributed by atoms with Crippen LogP contribution in [0.1, 0.15) is 0 Å². The Balaban J connectivity index is 1.88. The van der Waals surface area contributed by atoms with E-state index in [2.05, 4.69) is 5.10 Å². The highest BCUT2D eigenvalue weighted by Crippen LogP contribution is 2.25. The number of hydrogen-bond acceptors (Lipinski definition) is 3. The molecular weight excluding hydrogens is 250 g/mol. The monoisotopic (exact) mass is 265 g/mol. The zero-order valence-electron chi connectivity index (χ0n) is 11.1. The van der Waals surface area contributed by atoms with Crippen molar-refractivity contribution in [2.75, 3.05) is 11.9 Å². The number of anilines is 2. The van der Waals surface area contributed by atoms with E-state index in [-0.39, 0.29) is 5.75 Å². The molecule has 0 radical (unpaired) electrons. The smallest absolute Gasteiger partial charge is 0.115 e. The second-order valence-electron chi connectivity index (χ2n) is 4.55. The quantitative estimate of drug-likeness (QED) is 0.789. The van der Waals surface area contributed by atoms with Gasteiger partial charge < -0.3 is 10.0 Å². The van der Waals surface area contributed by atoms with Crippen LogP contribution < -0.4 is 4.90 Å². The van der Waals surface area contributed by atoms with Crippen LogP contribution >= 0.6 is 0 Å². The molecule has 3 rings (SSSR count). The molecule has 4 nitrogen and oxygen atoms in total. The summed E-state index contributed by atoms with van der Waals surface area (Å²) in [5, 5.41) is 13.7. The minimum absolute atomic E-state index is 0.266. The Morgan fingerprint density at radius 1 is 0.950 bits per heavy atom. The van der Waals surface area contributed by atoms with Gasteiger partial charge in [-0.25, -0.2) is 4.68 Å². The predicted molar refractivity (Wildman–Crippen MR) is 79.7 cm³/mol. The molecule has 0 spiro atoms. The Morgan fingerprint density at radius 2 is 1.65 bits per heavy atom. The standard InChI is InChI=1S/C16H15N3O/c1-18(13-7-9-16(20)10-8-13)15-11-17-19(12-15)14-5-3-2-4-6-14/h2-12,20H,1H3. The lowest BCUT2D eigenvalue weighted by Gasteiger charge is -2.16. The van der Waals surface area contributed by atoms with Crippen molar-refractivity contribution < 1.29 is 5.11 Å². The van der Waals surface area contributed by atoms with Crippen molar-refractivity contribution in [3.63, 3.8) is 0 Å². The summed E-state index contributed by atoms with van der Waals surface area (Å²) in [7, 11) is 1.97. The molecule has 0 bridgehead atoms. The van der Waals surface area contributed by atoms with E-state index in [1.807, 2.05) is 71.5 Å². The van der Waals surface area contributed by atoms with Crippen LogP contribution in [0.25, 0.3) is 5.69 Å². The first-order valence-corrected chi connectivity index (χ1v) is 6.37. The van der Waals surface area contributed by atoms with Crippen LogP contribution in [-0.4, -0.2) is 21.9 Å². The molecule has 2 aromatic carbocycles. The number of phenols is 1.